The number of morpholine rings is 1. The Morgan fingerprint density at radius 3 is 3.00 bits per heavy atom. The molecule has 0 aromatic rings. The summed E-state index contributed by atoms with van der Waals surface area (Å²) in [5, 5.41) is 3.37. The average Bonchev–Trinajstić information content (AvgIpc) is 2.67. The van der Waals surface area contributed by atoms with Gasteiger partial charge in [-0.1, -0.05) is 6.92 Å². The fourth-order valence-electron chi connectivity index (χ4n) is 2.83. The zero-order valence-electron chi connectivity index (χ0n) is 12.2. The molecular weight excluding hydrogens is 242 g/mol. The first-order valence-electron chi connectivity index (χ1n) is 7.55. The molecule has 2 unspecified atom stereocenters. The molecule has 2 fully saturated rings. The molecule has 110 valence electrons. The summed E-state index contributed by atoms with van der Waals surface area (Å²) in [5.74, 6) is 0.268. The largest absolute Gasteiger partial charge is 0.375 e. The second-order valence-corrected chi connectivity index (χ2v) is 5.63. The fraction of sp³-hybridized carbons (Fsp3) is 0.929. The average molecular weight is 269 g/mol. The molecule has 19 heavy (non-hydrogen) atoms. The molecule has 2 atom stereocenters. The number of nitrogens with one attached hydrogen (secondary N) is 1. The molecular formula is C14H27N3O2. The van der Waals surface area contributed by atoms with E-state index in [2.05, 4.69) is 17.1 Å². The predicted molar refractivity (Wildman–Crippen MR) is 75.1 cm³/mol. The Labute approximate surface area is 116 Å². The lowest BCUT2D eigenvalue weighted by Gasteiger charge is -2.39. The third kappa shape index (κ3) is 4.16. The van der Waals surface area contributed by atoms with Crippen LogP contribution in [0.25, 0.3) is 0 Å². The van der Waals surface area contributed by atoms with E-state index in [-0.39, 0.29) is 18.1 Å². The van der Waals surface area contributed by atoms with Crippen LogP contribution in [0.3, 0.4) is 0 Å². The maximum absolute atomic E-state index is 12.5. The van der Waals surface area contributed by atoms with Crippen molar-refractivity contribution in [2.45, 2.75) is 38.8 Å². The van der Waals surface area contributed by atoms with E-state index in [1.54, 1.807) is 0 Å². The molecule has 2 saturated heterocycles. The topological polar surface area (TPSA) is 44.8 Å². The Hall–Kier alpha value is -0.650. The van der Waals surface area contributed by atoms with Crippen molar-refractivity contribution in [3.63, 3.8) is 0 Å². The lowest BCUT2D eigenvalue weighted by atomic mass is 10.1. The number of nitrogens with zero attached hydrogens (tertiary/aromatic N) is 2. The van der Waals surface area contributed by atoms with E-state index < -0.39 is 0 Å². The lowest BCUT2D eigenvalue weighted by molar-refractivity contribution is -0.145. The van der Waals surface area contributed by atoms with Gasteiger partial charge in [-0.05, 0) is 32.9 Å². The number of ether oxygens (including phenoxy) is 1. The molecule has 0 aromatic carbocycles. The van der Waals surface area contributed by atoms with Crippen LogP contribution in [0.4, 0.5) is 0 Å². The number of carbonyl (C=O) groups excluding carboxylic acids is 1. The van der Waals surface area contributed by atoms with Crippen molar-refractivity contribution in [3.05, 3.63) is 0 Å². The van der Waals surface area contributed by atoms with Crippen LogP contribution < -0.4 is 5.32 Å². The van der Waals surface area contributed by atoms with Gasteiger partial charge in [0.1, 0.15) is 0 Å². The molecule has 0 aromatic heterocycles. The van der Waals surface area contributed by atoms with E-state index in [1.807, 2.05) is 11.8 Å². The number of hydrogen-bond donors (Lipinski definition) is 1. The molecule has 2 aliphatic heterocycles. The Bertz CT molecular complexity index is 290. The van der Waals surface area contributed by atoms with Gasteiger partial charge in [0.2, 0.25) is 5.91 Å². The minimum absolute atomic E-state index is 0.164. The zero-order valence-corrected chi connectivity index (χ0v) is 12.2. The molecule has 0 bridgehead atoms. The highest BCUT2D eigenvalue weighted by Crippen LogP contribution is 2.15. The summed E-state index contributed by atoms with van der Waals surface area (Å²) in [5.41, 5.74) is 0. The lowest BCUT2D eigenvalue weighted by Crippen LogP contribution is -2.54. The Morgan fingerprint density at radius 2 is 2.21 bits per heavy atom. The van der Waals surface area contributed by atoms with Gasteiger partial charge in [-0.3, -0.25) is 9.69 Å². The number of hydrogen-bond acceptors (Lipinski definition) is 4. The minimum Gasteiger partial charge on any atom is -0.375 e. The van der Waals surface area contributed by atoms with Gasteiger partial charge in [-0.2, -0.15) is 0 Å². The monoisotopic (exact) mass is 269 g/mol. The van der Waals surface area contributed by atoms with Crippen LogP contribution in [-0.4, -0.2) is 73.7 Å². The Balaban J connectivity index is 1.89. The first kappa shape index (κ1) is 14.8. The summed E-state index contributed by atoms with van der Waals surface area (Å²) >= 11 is 0. The number of amides is 1. The summed E-state index contributed by atoms with van der Waals surface area (Å²) in [4.78, 5) is 16.8. The van der Waals surface area contributed by atoms with Crippen LogP contribution in [0.5, 0.6) is 0 Å². The molecule has 0 aliphatic carbocycles. The van der Waals surface area contributed by atoms with Crippen molar-refractivity contribution < 1.29 is 9.53 Å². The molecule has 5 nitrogen and oxygen atoms in total. The molecule has 2 heterocycles. The zero-order chi connectivity index (χ0) is 13.7. The molecule has 5 heteroatoms. The van der Waals surface area contributed by atoms with Crippen molar-refractivity contribution in [3.8, 4) is 0 Å². The van der Waals surface area contributed by atoms with E-state index in [0.717, 1.165) is 45.6 Å². The van der Waals surface area contributed by atoms with Crippen LogP contribution in [0, 0.1) is 0 Å². The summed E-state index contributed by atoms with van der Waals surface area (Å²) in [6.07, 6.45) is 2.27. The standard InChI is InChI=1S/C14H27N3O2/c1-3-13-11-19-12(2)9-17(13)14(18)10-16-7-4-5-15-6-8-16/h12-13,15H,3-11H2,1-2H3. The highest BCUT2D eigenvalue weighted by Gasteiger charge is 2.30. The van der Waals surface area contributed by atoms with Gasteiger partial charge < -0.3 is 15.0 Å². The smallest absolute Gasteiger partial charge is 0.237 e. The molecule has 1 N–H and O–H groups in total. The van der Waals surface area contributed by atoms with Crippen LogP contribution in [0.15, 0.2) is 0 Å². The fourth-order valence-corrected chi connectivity index (χ4v) is 2.83. The van der Waals surface area contributed by atoms with Crippen LogP contribution in [-0.2, 0) is 9.53 Å². The third-order valence-electron chi connectivity index (χ3n) is 4.05. The van der Waals surface area contributed by atoms with E-state index in [9.17, 15) is 4.79 Å². The van der Waals surface area contributed by atoms with E-state index in [1.165, 1.54) is 0 Å². The van der Waals surface area contributed by atoms with Gasteiger partial charge in [0.25, 0.3) is 0 Å². The van der Waals surface area contributed by atoms with Crippen LogP contribution in [0.2, 0.25) is 0 Å². The van der Waals surface area contributed by atoms with Gasteiger partial charge in [-0.15, -0.1) is 0 Å². The van der Waals surface area contributed by atoms with E-state index >= 15 is 0 Å². The molecule has 0 saturated carbocycles. The van der Waals surface area contributed by atoms with Crippen molar-refractivity contribution in [2.24, 2.45) is 0 Å². The molecule has 2 aliphatic rings. The van der Waals surface area contributed by atoms with Crippen molar-refractivity contribution in [1.29, 1.82) is 0 Å². The molecule has 1 amide bonds. The molecule has 2 rings (SSSR count). The predicted octanol–water partition coefficient (Wildman–Crippen LogP) is 0.308. The maximum Gasteiger partial charge on any atom is 0.237 e. The van der Waals surface area contributed by atoms with Crippen molar-refractivity contribution in [1.82, 2.24) is 15.1 Å². The second kappa shape index (κ2) is 7.22. The van der Waals surface area contributed by atoms with Gasteiger partial charge in [0, 0.05) is 19.6 Å². The van der Waals surface area contributed by atoms with Crippen LogP contribution >= 0.6 is 0 Å². The summed E-state index contributed by atoms with van der Waals surface area (Å²) in [7, 11) is 0. The highest BCUT2D eigenvalue weighted by atomic mass is 16.5. The highest BCUT2D eigenvalue weighted by molar-refractivity contribution is 5.78. The maximum atomic E-state index is 12.5. The number of carbonyl (C=O) groups is 1. The summed E-state index contributed by atoms with van der Waals surface area (Å²) in [6, 6.07) is 0.258. The van der Waals surface area contributed by atoms with Crippen LogP contribution in [0.1, 0.15) is 26.7 Å². The molecule has 0 radical (unpaired) electrons. The first-order chi connectivity index (χ1) is 9.20. The van der Waals surface area contributed by atoms with E-state index in [0.29, 0.717) is 13.2 Å². The Morgan fingerprint density at radius 1 is 1.37 bits per heavy atom. The third-order valence-corrected chi connectivity index (χ3v) is 4.05. The van der Waals surface area contributed by atoms with Gasteiger partial charge in [0.15, 0.2) is 0 Å². The SMILES string of the molecule is CCC1COC(C)CN1C(=O)CN1CCCNCC1. The number of rotatable bonds is 3. The minimum atomic E-state index is 0.164. The van der Waals surface area contributed by atoms with Gasteiger partial charge in [-0.25, -0.2) is 0 Å². The van der Waals surface area contributed by atoms with Crippen molar-refractivity contribution >= 4 is 5.91 Å². The second-order valence-electron chi connectivity index (χ2n) is 5.63. The van der Waals surface area contributed by atoms with Crippen molar-refractivity contribution in [2.75, 3.05) is 45.9 Å². The summed E-state index contributed by atoms with van der Waals surface area (Å²) in [6.45, 7) is 10.2. The summed E-state index contributed by atoms with van der Waals surface area (Å²) < 4.78 is 5.65. The Kier molecular flexibility index (Phi) is 5.60. The van der Waals surface area contributed by atoms with E-state index in [4.69, 9.17) is 4.74 Å². The van der Waals surface area contributed by atoms with Gasteiger partial charge in [0.05, 0.1) is 25.3 Å². The molecule has 0 spiro atoms. The van der Waals surface area contributed by atoms with Gasteiger partial charge >= 0.3 is 0 Å². The quantitative estimate of drug-likeness (QED) is 0.801. The first-order valence-corrected chi connectivity index (χ1v) is 7.55. The normalized spacial score (nSPS) is 30.1.